The molecule has 2 saturated heterocycles. The minimum Gasteiger partial charge on any atom is -0.388 e. The zero-order valence-corrected chi connectivity index (χ0v) is 21.5. The van der Waals surface area contributed by atoms with E-state index in [0.717, 1.165) is 36.6 Å². The molecule has 11 heteroatoms. The van der Waals surface area contributed by atoms with Crippen molar-refractivity contribution in [2.24, 2.45) is 0 Å². The highest BCUT2D eigenvalue weighted by molar-refractivity contribution is 7.89. The number of nitrogens with one attached hydrogen (secondary N) is 1. The third-order valence-corrected chi connectivity index (χ3v) is 9.50. The molecule has 2 atom stereocenters. The summed E-state index contributed by atoms with van der Waals surface area (Å²) in [6, 6.07) is 2.91. The molecule has 2 aliphatic heterocycles. The second kappa shape index (κ2) is 10.2. The highest BCUT2D eigenvalue weighted by Gasteiger charge is 2.39. The molecule has 0 amide bonds. The second-order valence-corrected chi connectivity index (χ2v) is 12.4. The van der Waals surface area contributed by atoms with Crippen LogP contribution in [0.5, 0.6) is 0 Å². The van der Waals surface area contributed by atoms with Crippen molar-refractivity contribution in [1.82, 2.24) is 18.8 Å². The van der Waals surface area contributed by atoms with Gasteiger partial charge in [-0.05, 0) is 57.9 Å². The van der Waals surface area contributed by atoms with Gasteiger partial charge in [0.1, 0.15) is 5.65 Å². The summed E-state index contributed by atoms with van der Waals surface area (Å²) in [7, 11) is -3.34. The number of rotatable bonds is 6. The highest BCUT2D eigenvalue weighted by Crippen LogP contribution is 2.39. The molecule has 1 aliphatic carbocycles. The van der Waals surface area contributed by atoms with E-state index >= 15 is 0 Å². The van der Waals surface area contributed by atoms with Gasteiger partial charge in [0.15, 0.2) is 0 Å². The van der Waals surface area contributed by atoms with E-state index in [2.05, 4.69) is 15.3 Å². The Balaban J connectivity index is 1.26. The summed E-state index contributed by atoms with van der Waals surface area (Å²) >= 11 is 0. The minimum atomic E-state index is -3.34. The van der Waals surface area contributed by atoms with Crippen LogP contribution in [0.1, 0.15) is 57.9 Å². The third kappa shape index (κ3) is 5.34. The first-order valence-corrected chi connectivity index (χ1v) is 14.4. The number of anilines is 1. The van der Waals surface area contributed by atoms with Gasteiger partial charge >= 0.3 is 0 Å². The van der Waals surface area contributed by atoms with Crippen molar-refractivity contribution < 1.29 is 18.3 Å². The van der Waals surface area contributed by atoms with Gasteiger partial charge in [-0.15, -0.1) is 0 Å². The molecule has 5 rings (SSSR count). The number of pyridine rings is 1. The molecule has 2 N–H and O–H groups in total. The van der Waals surface area contributed by atoms with E-state index in [4.69, 9.17) is 4.74 Å². The van der Waals surface area contributed by atoms with E-state index in [1.54, 1.807) is 28.1 Å². The summed E-state index contributed by atoms with van der Waals surface area (Å²) in [4.78, 5) is 21.9. The average Bonchev–Trinajstić information content (AvgIpc) is 3.22. The fraction of sp³-hybridized carbons (Fsp3) is 0.640. The largest absolute Gasteiger partial charge is 0.388 e. The number of hydrogen-bond donors (Lipinski definition) is 2. The van der Waals surface area contributed by atoms with Gasteiger partial charge in [-0.1, -0.05) is 11.6 Å². The first kappa shape index (κ1) is 25.3. The lowest BCUT2D eigenvalue weighted by atomic mass is 10.00. The first-order valence-electron chi connectivity index (χ1n) is 12.8. The molecule has 0 radical (unpaired) electrons. The molecule has 3 aliphatic rings. The second-order valence-electron chi connectivity index (χ2n) is 10.4. The van der Waals surface area contributed by atoms with E-state index in [0.29, 0.717) is 57.2 Å². The molecule has 36 heavy (non-hydrogen) atoms. The van der Waals surface area contributed by atoms with Crippen molar-refractivity contribution in [3.05, 3.63) is 40.3 Å². The van der Waals surface area contributed by atoms with Crippen LogP contribution in [0, 0.1) is 0 Å². The Morgan fingerprint density at radius 1 is 1.22 bits per heavy atom. The lowest BCUT2D eigenvalue weighted by Gasteiger charge is -2.31. The molecular weight excluding hydrogens is 482 g/mol. The maximum Gasteiger partial charge on any atom is 0.252 e. The predicted molar refractivity (Wildman–Crippen MR) is 137 cm³/mol. The van der Waals surface area contributed by atoms with Crippen molar-refractivity contribution in [2.75, 3.05) is 37.4 Å². The summed E-state index contributed by atoms with van der Waals surface area (Å²) < 4.78 is 34.2. The van der Waals surface area contributed by atoms with Crippen LogP contribution in [-0.2, 0) is 14.8 Å². The van der Waals surface area contributed by atoms with Gasteiger partial charge in [0, 0.05) is 36.8 Å². The lowest BCUT2D eigenvalue weighted by Crippen LogP contribution is -2.43. The molecule has 4 heterocycles. The van der Waals surface area contributed by atoms with Crippen LogP contribution in [-0.4, -0.2) is 76.1 Å². The number of aromatic nitrogens is 3. The van der Waals surface area contributed by atoms with E-state index in [9.17, 15) is 18.3 Å². The van der Waals surface area contributed by atoms with Crippen molar-refractivity contribution in [3.8, 4) is 0 Å². The van der Waals surface area contributed by atoms with Crippen LogP contribution in [0.3, 0.4) is 0 Å². The molecule has 0 bridgehead atoms. The fourth-order valence-corrected chi connectivity index (χ4v) is 7.00. The summed E-state index contributed by atoms with van der Waals surface area (Å²) in [5, 5.41) is 14.9. The molecular formula is C25H35N5O5S. The van der Waals surface area contributed by atoms with Gasteiger partial charge in [0.2, 0.25) is 16.0 Å². The van der Waals surface area contributed by atoms with Gasteiger partial charge in [0.05, 0.1) is 30.6 Å². The summed E-state index contributed by atoms with van der Waals surface area (Å²) in [5.41, 5.74) is 0.518. The topological polar surface area (TPSA) is 127 Å². The Morgan fingerprint density at radius 2 is 1.97 bits per heavy atom. The average molecular weight is 518 g/mol. The number of piperidine rings is 1. The first-order chi connectivity index (χ1) is 17.2. The standard InChI is InChI=1S/C25H35N5O5S/c1-25(32)11-2-3-21(25)30-22(31)5-4-19-17-26-24(28-23(19)30)27-20-6-12-29(13-7-20)36(33,34)16-10-18-8-14-35-15-9-18/h4-5,10,17,20-21,32H,2-3,6-9,11-16H2,1H3,(H,26,27,28)/t21-,25-/m1/s1. The Labute approximate surface area is 211 Å². The normalized spacial score (nSPS) is 26.4. The number of fused-ring (bicyclic) bond motifs is 1. The van der Waals surface area contributed by atoms with Crippen molar-refractivity contribution >= 4 is 27.0 Å². The summed E-state index contributed by atoms with van der Waals surface area (Å²) in [6.07, 6.45) is 8.65. The van der Waals surface area contributed by atoms with Gasteiger partial charge in [-0.25, -0.2) is 17.7 Å². The smallest absolute Gasteiger partial charge is 0.252 e. The van der Waals surface area contributed by atoms with Gasteiger partial charge in [0.25, 0.3) is 5.56 Å². The highest BCUT2D eigenvalue weighted by atomic mass is 32.2. The Hall–Kier alpha value is -2.34. The van der Waals surface area contributed by atoms with Crippen molar-refractivity contribution in [3.63, 3.8) is 0 Å². The van der Waals surface area contributed by atoms with Crippen LogP contribution < -0.4 is 10.9 Å². The zero-order chi connectivity index (χ0) is 25.3. The quantitative estimate of drug-likeness (QED) is 0.559. The number of hydrogen-bond acceptors (Lipinski definition) is 8. The monoisotopic (exact) mass is 517 g/mol. The fourth-order valence-electron chi connectivity index (χ4n) is 5.57. The van der Waals surface area contributed by atoms with E-state index in [-0.39, 0.29) is 23.4 Å². The van der Waals surface area contributed by atoms with Crippen molar-refractivity contribution in [2.45, 2.75) is 69.6 Å². The maximum atomic E-state index is 12.8. The van der Waals surface area contributed by atoms with Gasteiger partial charge < -0.3 is 15.2 Å². The van der Waals surface area contributed by atoms with Crippen LogP contribution in [0.2, 0.25) is 0 Å². The molecule has 10 nitrogen and oxygen atoms in total. The minimum absolute atomic E-state index is 0.0289. The zero-order valence-electron chi connectivity index (χ0n) is 20.7. The molecule has 1 saturated carbocycles. The number of nitrogens with zero attached hydrogens (tertiary/aromatic N) is 4. The van der Waals surface area contributed by atoms with Crippen LogP contribution in [0.25, 0.3) is 11.0 Å². The van der Waals surface area contributed by atoms with Crippen molar-refractivity contribution in [1.29, 1.82) is 0 Å². The van der Waals surface area contributed by atoms with E-state index < -0.39 is 15.6 Å². The van der Waals surface area contributed by atoms with Crippen LogP contribution in [0.4, 0.5) is 5.95 Å². The van der Waals surface area contributed by atoms with Gasteiger partial charge in [-0.2, -0.15) is 4.98 Å². The summed E-state index contributed by atoms with van der Waals surface area (Å²) in [5.74, 6) is 0.446. The molecule has 0 aromatic carbocycles. The van der Waals surface area contributed by atoms with E-state index in [1.807, 2.05) is 6.08 Å². The number of ether oxygens (including phenoxy) is 1. The van der Waals surface area contributed by atoms with Crippen LogP contribution in [0.15, 0.2) is 34.8 Å². The predicted octanol–water partition coefficient (Wildman–Crippen LogP) is 2.21. The Bertz CT molecular complexity index is 1290. The molecule has 0 unspecified atom stereocenters. The van der Waals surface area contributed by atoms with E-state index in [1.165, 1.54) is 6.07 Å². The molecule has 2 aromatic rings. The lowest BCUT2D eigenvalue weighted by molar-refractivity contribution is 0.0267. The van der Waals surface area contributed by atoms with Crippen LogP contribution >= 0.6 is 0 Å². The third-order valence-electron chi connectivity index (χ3n) is 7.76. The van der Waals surface area contributed by atoms with Gasteiger partial charge in [-0.3, -0.25) is 9.36 Å². The molecule has 0 spiro atoms. The molecule has 196 valence electrons. The summed E-state index contributed by atoms with van der Waals surface area (Å²) in [6.45, 7) is 3.98. The SMILES string of the molecule is C[C@@]1(O)CCC[C@H]1n1c(=O)ccc2cnc(NC3CCN(S(=O)(=O)CC=C4CCOCC4)CC3)nc21. The number of aliphatic hydroxyl groups is 1. The Morgan fingerprint density at radius 3 is 2.67 bits per heavy atom. The molecule has 2 aromatic heterocycles. The Kier molecular flexibility index (Phi) is 7.17. The maximum absolute atomic E-state index is 12.8. The molecule has 3 fully saturated rings. The number of sulfonamides is 1.